The molecule has 168 valence electrons. The Hall–Kier alpha value is -1.54. The lowest BCUT2D eigenvalue weighted by Crippen LogP contribution is -2.32. The minimum absolute atomic E-state index is 0.123. The monoisotopic (exact) mass is 480 g/mol. The Labute approximate surface area is 194 Å². The van der Waals surface area contributed by atoms with Crippen LogP contribution in [-0.4, -0.2) is 44.0 Å². The molecule has 1 saturated heterocycles. The first-order chi connectivity index (χ1) is 14.9. The highest BCUT2D eigenvalue weighted by Gasteiger charge is 2.26. The molecule has 1 aliphatic heterocycles. The number of sulfonamides is 1. The van der Waals surface area contributed by atoms with Crippen molar-refractivity contribution in [1.29, 1.82) is 0 Å². The van der Waals surface area contributed by atoms with Crippen molar-refractivity contribution in [2.24, 2.45) is 0 Å². The van der Waals surface area contributed by atoms with Gasteiger partial charge in [-0.3, -0.25) is 4.79 Å². The zero-order valence-corrected chi connectivity index (χ0v) is 20.2. The Balaban J connectivity index is 1.57. The van der Waals surface area contributed by atoms with Gasteiger partial charge in [-0.2, -0.15) is 16.1 Å². The van der Waals surface area contributed by atoms with Crippen LogP contribution in [0.5, 0.6) is 0 Å². The van der Waals surface area contributed by atoms with Gasteiger partial charge in [0.15, 0.2) is 0 Å². The van der Waals surface area contributed by atoms with Gasteiger partial charge in [0.2, 0.25) is 10.0 Å². The van der Waals surface area contributed by atoms with Gasteiger partial charge in [-0.15, -0.1) is 0 Å². The van der Waals surface area contributed by atoms with Crippen LogP contribution in [-0.2, 0) is 15.8 Å². The van der Waals surface area contributed by atoms with Gasteiger partial charge in [0, 0.05) is 31.1 Å². The van der Waals surface area contributed by atoms with Crippen LogP contribution < -0.4 is 5.32 Å². The topological polar surface area (TPSA) is 66.5 Å². The number of carbonyl (C=O) groups excluding carboxylic acids is 1. The van der Waals surface area contributed by atoms with Gasteiger partial charge >= 0.3 is 0 Å². The van der Waals surface area contributed by atoms with Gasteiger partial charge in [-0.25, -0.2) is 8.42 Å². The maximum atomic E-state index is 13.0. The van der Waals surface area contributed by atoms with Crippen LogP contribution in [0.1, 0.15) is 47.2 Å². The van der Waals surface area contributed by atoms with E-state index >= 15 is 0 Å². The standard InChI is InChI=1S/C23H29ClN2O3S2/c1-18-6-8-19(9-7-18)17-30-15-12-25-23(27)21-16-20(10-11-22(21)24)31(28,29)26-13-4-2-3-5-14-26/h6-11,16H,2-5,12-15,17H2,1H3,(H,25,27). The lowest BCUT2D eigenvalue weighted by atomic mass is 10.2. The van der Waals surface area contributed by atoms with Crippen LogP contribution in [0.3, 0.4) is 0 Å². The molecule has 2 aromatic carbocycles. The van der Waals surface area contributed by atoms with E-state index in [9.17, 15) is 13.2 Å². The fraction of sp³-hybridized carbons (Fsp3) is 0.435. The van der Waals surface area contributed by atoms with Crippen molar-refractivity contribution in [3.63, 3.8) is 0 Å². The Morgan fingerprint density at radius 2 is 1.74 bits per heavy atom. The first-order valence-corrected chi connectivity index (χ1v) is 13.6. The third-order valence-corrected chi connectivity index (χ3v) is 8.56. The van der Waals surface area contributed by atoms with E-state index in [1.807, 2.05) is 0 Å². The molecule has 0 radical (unpaired) electrons. The number of benzene rings is 2. The van der Waals surface area contributed by atoms with E-state index < -0.39 is 10.0 Å². The number of thioether (sulfide) groups is 1. The number of aryl methyl sites for hydroxylation is 1. The summed E-state index contributed by atoms with van der Waals surface area (Å²) >= 11 is 7.94. The first kappa shape index (κ1) is 24.1. The van der Waals surface area contributed by atoms with Gasteiger partial charge in [-0.1, -0.05) is 54.3 Å². The van der Waals surface area contributed by atoms with Crippen molar-refractivity contribution < 1.29 is 13.2 Å². The van der Waals surface area contributed by atoms with Crippen LogP contribution >= 0.6 is 23.4 Å². The summed E-state index contributed by atoms with van der Waals surface area (Å²) in [5, 5.41) is 3.10. The number of nitrogens with one attached hydrogen (secondary N) is 1. The van der Waals surface area contributed by atoms with E-state index in [-0.39, 0.29) is 21.4 Å². The minimum atomic E-state index is -3.63. The number of amides is 1. The molecule has 5 nitrogen and oxygen atoms in total. The second-order valence-corrected chi connectivity index (χ2v) is 11.2. The molecule has 0 atom stereocenters. The van der Waals surface area contributed by atoms with E-state index in [1.54, 1.807) is 11.8 Å². The molecule has 8 heteroatoms. The van der Waals surface area contributed by atoms with Gasteiger partial charge in [0.25, 0.3) is 5.91 Å². The summed E-state index contributed by atoms with van der Waals surface area (Å²) in [6, 6.07) is 12.8. The normalized spacial score (nSPS) is 15.4. The summed E-state index contributed by atoms with van der Waals surface area (Å²) in [5.41, 5.74) is 2.68. The molecule has 0 unspecified atom stereocenters. The smallest absolute Gasteiger partial charge is 0.252 e. The van der Waals surface area contributed by atoms with Crippen LogP contribution in [0.15, 0.2) is 47.4 Å². The Kier molecular flexibility index (Phi) is 8.84. The summed E-state index contributed by atoms with van der Waals surface area (Å²) in [6.45, 7) is 3.58. The molecule has 0 aromatic heterocycles. The molecule has 1 fully saturated rings. The summed E-state index contributed by atoms with van der Waals surface area (Å²) in [6.07, 6.45) is 3.81. The molecule has 31 heavy (non-hydrogen) atoms. The number of nitrogens with zero attached hydrogens (tertiary/aromatic N) is 1. The maximum absolute atomic E-state index is 13.0. The highest BCUT2D eigenvalue weighted by Crippen LogP contribution is 2.25. The third-order valence-electron chi connectivity index (χ3n) is 5.31. The number of rotatable bonds is 8. The molecule has 1 heterocycles. The maximum Gasteiger partial charge on any atom is 0.252 e. The molecule has 1 aliphatic rings. The zero-order valence-electron chi connectivity index (χ0n) is 17.8. The molecule has 0 bridgehead atoms. The van der Waals surface area contributed by atoms with E-state index in [0.717, 1.165) is 37.2 Å². The summed E-state index contributed by atoms with van der Waals surface area (Å²) in [7, 11) is -3.63. The van der Waals surface area contributed by atoms with Gasteiger partial charge in [0.1, 0.15) is 0 Å². The molecule has 0 spiro atoms. The van der Waals surface area contributed by atoms with E-state index in [1.165, 1.54) is 33.6 Å². The largest absolute Gasteiger partial charge is 0.351 e. The number of hydrogen-bond acceptors (Lipinski definition) is 4. The predicted octanol–water partition coefficient (Wildman–Crippen LogP) is 4.88. The quantitative estimate of drug-likeness (QED) is 0.547. The fourth-order valence-electron chi connectivity index (χ4n) is 3.48. The second kappa shape index (κ2) is 11.4. The summed E-state index contributed by atoms with van der Waals surface area (Å²) in [4.78, 5) is 12.8. The van der Waals surface area contributed by atoms with E-state index in [2.05, 4.69) is 36.5 Å². The number of halogens is 1. The van der Waals surface area contributed by atoms with Crippen molar-refractivity contribution in [3.8, 4) is 0 Å². The second-order valence-electron chi connectivity index (χ2n) is 7.75. The lowest BCUT2D eigenvalue weighted by molar-refractivity contribution is 0.0956. The van der Waals surface area contributed by atoms with Crippen LogP contribution in [0.4, 0.5) is 0 Å². The van der Waals surface area contributed by atoms with Crippen molar-refractivity contribution in [1.82, 2.24) is 9.62 Å². The van der Waals surface area contributed by atoms with Crippen molar-refractivity contribution in [2.75, 3.05) is 25.4 Å². The van der Waals surface area contributed by atoms with Crippen LogP contribution in [0.25, 0.3) is 0 Å². The highest BCUT2D eigenvalue weighted by molar-refractivity contribution is 7.98. The molecule has 3 rings (SSSR count). The van der Waals surface area contributed by atoms with Gasteiger partial charge in [0.05, 0.1) is 15.5 Å². The zero-order chi connectivity index (χ0) is 22.3. The summed E-state index contributed by atoms with van der Waals surface area (Å²) < 4.78 is 27.6. The Morgan fingerprint density at radius 1 is 1.06 bits per heavy atom. The molecule has 1 N–H and O–H groups in total. The lowest BCUT2D eigenvalue weighted by Gasteiger charge is -2.20. The highest BCUT2D eigenvalue weighted by atomic mass is 35.5. The van der Waals surface area contributed by atoms with Crippen molar-refractivity contribution >= 4 is 39.3 Å². The number of carbonyl (C=O) groups is 1. The summed E-state index contributed by atoms with van der Waals surface area (Å²) in [5.74, 6) is 1.28. The molecule has 1 amide bonds. The first-order valence-electron chi connectivity index (χ1n) is 10.6. The predicted molar refractivity (Wildman–Crippen MR) is 128 cm³/mol. The molecular formula is C23H29ClN2O3S2. The molecule has 0 aliphatic carbocycles. The number of hydrogen-bond donors (Lipinski definition) is 1. The van der Waals surface area contributed by atoms with E-state index in [4.69, 9.17) is 11.6 Å². The van der Waals surface area contributed by atoms with Gasteiger partial charge < -0.3 is 5.32 Å². The average Bonchev–Trinajstić information content (AvgIpc) is 3.05. The minimum Gasteiger partial charge on any atom is -0.351 e. The molecular weight excluding hydrogens is 452 g/mol. The average molecular weight is 481 g/mol. The van der Waals surface area contributed by atoms with E-state index in [0.29, 0.717) is 19.6 Å². The Morgan fingerprint density at radius 3 is 2.42 bits per heavy atom. The third kappa shape index (κ3) is 6.72. The molecule has 0 saturated carbocycles. The van der Waals surface area contributed by atoms with Crippen LogP contribution in [0, 0.1) is 6.92 Å². The molecule has 2 aromatic rings. The van der Waals surface area contributed by atoms with Crippen molar-refractivity contribution in [2.45, 2.75) is 43.3 Å². The van der Waals surface area contributed by atoms with Gasteiger partial charge in [-0.05, 0) is 43.5 Å². The SMILES string of the molecule is Cc1ccc(CSCCNC(=O)c2cc(S(=O)(=O)N3CCCCCC3)ccc2Cl)cc1. The van der Waals surface area contributed by atoms with Crippen LogP contribution in [0.2, 0.25) is 5.02 Å². The fourth-order valence-corrected chi connectivity index (χ4v) is 6.04. The Bertz CT molecular complexity index is 986. The van der Waals surface area contributed by atoms with Crippen molar-refractivity contribution in [3.05, 3.63) is 64.2 Å².